The molecule has 0 aliphatic carbocycles. The van der Waals surface area contributed by atoms with Crippen LogP contribution in [0.2, 0.25) is 0 Å². The van der Waals surface area contributed by atoms with Crippen LogP contribution in [0.4, 0.5) is 0 Å². The highest BCUT2D eigenvalue weighted by atomic mass is 16.5. The van der Waals surface area contributed by atoms with Crippen LogP contribution in [-0.2, 0) is 9.53 Å². The SMILES string of the molecule is C=Cc1cc2c(OC3CNC(C(=O)OC)C3)nccc2cc1OC. The van der Waals surface area contributed by atoms with E-state index in [0.717, 1.165) is 22.1 Å². The Balaban J connectivity index is 1.87. The fourth-order valence-electron chi connectivity index (χ4n) is 2.89. The molecule has 2 unspecified atom stereocenters. The van der Waals surface area contributed by atoms with Gasteiger partial charge in [-0.15, -0.1) is 0 Å². The molecule has 1 fully saturated rings. The van der Waals surface area contributed by atoms with Gasteiger partial charge in [-0.2, -0.15) is 0 Å². The number of ether oxygens (including phenoxy) is 3. The lowest BCUT2D eigenvalue weighted by Crippen LogP contribution is -2.31. The topological polar surface area (TPSA) is 69.7 Å². The number of carbonyl (C=O) groups excluding carboxylic acids is 1. The number of hydrogen-bond donors (Lipinski definition) is 1. The fourth-order valence-corrected chi connectivity index (χ4v) is 2.89. The second-order valence-electron chi connectivity index (χ2n) is 5.60. The minimum absolute atomic E-state index is 0.138. The van der Waals surface area contributed by atoms with Gasteiger partial charge in [0.15, 0.2) is 0 Å². The van der Waals surface area contributed by atoms with E-state index in [-0.39, 0.29) is 18.1 Å². The Morgan fingerprint density at radius 2 is 2.25 bits per heavy atom. The molecule has 1 saturated heterocycles. The molecule has 1 aliphatic heterocycles. The van der Waals surface area contributed by atoms with Gasteiger partial charge in [-0.1, -0.05) is 12.7 Å². The quantitative estimate of drug-likeness (QED) is 0.848. The Labute approximate surface area is 140 Å². The number of fused-ring (bicyclic) bond motifs is 1. The number of hydrogen-bond acceptors (Lipinski definition) is 6. The first kappa shape index (κ1) is 16.3. The number of nitrogens with zero attached hydrogens (tertiary/aromatic N) is 1. The molecule has 0 bridgehead atoms. The van der Waals surface area contributed by atoms with Gasteiger partial charge in [-0.25, -0.2) is 4.98 Å². The van der Waals surface area contributed by atoms with Gasteiger partial charge >= 0.3 is 5.97 Å². The summed E-state index contributed by atoms with van der Waals surface area (Å²) in [5, 5.41) is 4.96. The fraction of sp³-hybridized carbons (Fsp3) is 0.333. The Hall–Kier alpha value is -2.60. The molecular formula is C18H20N2O4. The highest BCUT2D eigenvalue weighted by Crippen LogP contribution is 2.32. The van der Waals surface area contributed by atoms with Crippen LogP contribution in [0.15, 0.2) is 31.0 Å². The summed E-state index contributed by atoms with van der Waals surface area (Å²) in [5.74, 6) is 1.02. The lowest BCUT2D eigenvalue weighted by molar-refractivity contribution is -0.142. The normalized spacial score (nSPS) is 19.9. The Morgan fingerprint density at radius 1 is 1.42 bits per heavy atom. The molecule has 0 saturated carbocycles. The van der Waals surface area contributed by atoms with Crippen molar-refractivity contribution in [3.8, 4) is 11.6 Å². The number of methoxy groups -OCH3 is 2. The van der Waals surface area contributed by atoms with Crippen molar-refractivity contribution in [3.05, 3.63) is 36.5 Å². The molecule has 2 aromatic rings. The van der Waals surface area contributed by atoms with Crippen molar-refractivity contribution in [2.75, 3.05) is 20.8 Å². The van der Waals surface area contributed by atoms with E-state index in [1.807, 2.05) is 18.2 Å². The number of pyridine rings is 1. The van der Waals surface area contributed by atoms with E-state index < -0.39 is 0 Å². The highest BCUT2D eigenvalue weighted by molar-refractivity contribution is 5.90. The van der Waals surface area contributed by atoms with Gasteiger partial charge in [0.1, 0.15) is 17.9 Å². The van der Waals surface area contributed by atoms with Crippen LogP contribution in [0.25, 0.3) is 16.8 Å². The monoisotopic (exact) mass is 328 g/mol. The van der Waals surface area contributed by atoms with Gasteiger partial charge in [0, 0.05) is 30.1 Å². The summed E-state index contributed by atoms with van der Waals surface area (Å²) < 4.78 is 16.2. The van der Waals surface area contributed by atoms with Crippen LogP contribution in [0.1, 0.15) is 12.0 Å². The van der Waals surface area contributed by atoms with Gasteiger partial charge in [0.25, 0.3) is 0 Å². The summed E-state index contributed by atoms with van der Waals surface area (Å²) in [6.45, 7) is 4.39. The predicted molar refractivity (Wildman–Crippen MR) is 91.2 cm³/mol. The van der Waals surface area contributed by atoms with E-state index >= 15 is 0 Å². The van der Waals surface area contributed by atoms with E-state index in [0.29, 0.717) is 18.8 Å². The van der Waals surface area contributed by atoms with Crippen molar-refractivity contribution in [1.82, 2.24) is 10.3 Å². The molecular weight excluding hydrogens is 308 g/mol. The molecule has 2 atom stereocenters. The Bertz CT molecular complexity index is 775. The van der Waals surface area contributed by atoms with Gasteiger partial charge in [0.05, 0.1) is 14.2 Å². The minimum atomic E-state index is -0.334. The summed E-state index contributed by atoms with van der Waals surface area (Å²) in [7, 11) is 3.01. The van der Waals surface area contributed by atoms with Crippen LogP contribution >= 0.6 is 0 Å². The van der Waals surface area contributed by atoms with Crippen molar-refractivity contribution in [2.24, 2.45) is 0 Å². The van der Waals surface area contributed by atoms with Crippen molar-refractivity contribution < 1.29 is 19.0 Å². The van der Waals surface area contributed by atoms with Crippen molar-refractivity contribution >= 4 is 22.8 Å². The van der Waals surface area contributed by atoms with E-state index in [1.165, 1.54) is 7.11 Å². The third-order valence-electron chi connectivity index (χ3n) is 4.15. The molecule has 1 aliphatic rings. The molecule has 1 aromatic heterocycles. The second-order valence-corrected chi connectivity index (χ2v) is 5.60. The molecule has 0 spiro atoms. The van der Waals surface area contributed by atoms with Gasteiger partial charge in [0.2, 0.25) is 5.88 Å². The van der Waals surface area contributed by atoms with E-state index in [2.05, 4.69) is 16.9 Å². The molecule has 2 heterocycles. The van der Waals surface area contributed by atoms with Gasteiger partial charge < -0.3 is 19.5 Å². The summed E-state index contributed by atoms with van der Waals surface area (Å²) >= 11 is 0. The molecule has 0 radical (unpaired) electrons. The van der Waals surface area contributed by atoms with Crippen LogP contribution in [0, 0.1) is 0 Å². The van der Waals surface area contributed by atoms with Crippen molar-refractivity contribution in [3.63, 3.8) is 0 Å². The Morgan fingerprint density at radius 3 is 2.96 bits per heavy atom. The first-order chi connectivity index (χ1) is 11.7. The number of nitrogens with one attached hydrogen (secondary N) is 1. The Kier molecular flexibility index (Phi) is 4.66. The summed E-state index contributed by atoms with van der Waals surface area (Å²) in [6, 6.07) is 5.45. The summed E-state index contributed by atoms with van der Waals surface area (Å²) in [6.07, 6.45) is 3.85. The number of carbonyl (C=O) groups is 1. The molecule has 3 rings (SSSR count). The largest absolute Gasteiger partial charge is 0.496 e. The maximum atomic E-state index is 11.6. The predicted octanol–water partition coefficient (Wildman–Crippen LogP) is 2.17. The third kappa shape index (κ3) is 3.05. The number of rotatable bonds is 5. The smallest absolute Gasteiger partial charge is 0.323 e. The maximum absolute atomic E-state index is 11.6. The van der Waals surface area contributed by atoms with Crippen LogP contribution < -0.4 is 14.8 Å². The third-order valence-corrected chi connectivity index (χ3v) is 4.15. The zero-order chi connectivity index (χ0) is 17.1. The first-order valence-electron chi connectivity index (χ1n) is 7.73. The highest BCUT2D eigenvalue weighted by Gasteiger charge is 2.31. The lowest BCUT2D eigenvalue weighted by Gasteiger charge is -2.15. The van der Waals surface area contributed by atoms with Crippen molar-refractivity contribution in [2.45, 2.75) is 18.6 Å². The average molecular weight is 328 g/mol. The van der Waals surface area contributed by atoms with E-state index in [9.17, 15) is 4.79 Å². The molecule has 6 heteroatoms. The van der Waals surface area contributed by atoms with Gasteiger partial charge in [-0.3, -0.25) is 4.79 Å². The molecule has 24 heavy (non-hydrogen) atoms. The zero-order valence-corrected chi connectivity index (χ0v) is 13.7. The standard InChI is InChI=1S/C18H20N2O4/c1-4-11-7-14-12(8-16(11)22-2)5-6-19-17(14)24-13-9-15(20-10-13)18(21)23-3/h4-8,13,15,20H,1,9-10H2,2-3H3. The average Bonchev–Trinajstić information content (AvgIpc) is 3.08. The molecule has 1 aromatic carbocycles. The van der Waals surface area contributed by atoms with E-state index in [1.54, 1.807) is 19.4 Å². The van der Waals surface area contributed by atoms with Gasteiger partial charge in [-0.05, 0) is 23.6 Å². The molecule has 0 amide bonds. The summed E-state index contributed by atoms with van der Waals surface area (Å²) in [5.41, 5.74) is 0.875. The zero-order valence-electron chi connectivity index (χ0n) is 13.7. The lowest BCUT2D eigenvalue weighted by atomic mass is 10.1. The molecule has 6 nitrogen and oxygen atoms in total. The molecule has 126 valence electrons. The van der Waals surface area contributed by atoms with Crippen LogP contribution in [0.3, 0.4) is 0 Å². The second kappa shape index (κ2) is 6.88. The van der Waals surface area contributed by atoms with Crippen molar-refractivity contribution in [1.29, 1.82) is 0 Å². The first-order valence-corrected chi connectivity index (χ1v) is 7.73. The minimum Gasteiger partial charge on any atom is -0.496 e. The molecule has 1 N–H and O–H groups in total. The summed E-state index contributed by atoms with van der Waals surface area (Å²) in [4.78, 5) is 15.9. The maximum Gasteiger partial charge on any atom is 0.323 e. The van der Waals surface area contributed by atoms with Crippen LogP contribution in [0.5, 0.6) is 11.6 Å². The van der Waals surface area contributed by atoms with E-state index in [4.69, 9.17) is 14.2 Å². The number of aromatic nitrogens is 1. The van der Waals surface area contributed by atoms with Crippen LogP contribution in [-0.4, -0.2) is 43.9 Å². The number of esters is 1. The number of benzene rings is 1.